The number of carbonyl (C=O) groups excluding carboxylic acids is 4. The van der Waals surface area contributed by atoms with E-state index in [2.05, 4.69) is 16.0 Å². The Morgan fingerprint density at radius 1 is 1.03 bits per heavy atom. The molecule has 4 atom stereocenters. The molecular weight excluding hydrogens is 520 g/mol. The van der Waals surface area contributed by atoms with E-state index in [1.54, 1.807) is 49.9 Å². The van der Waals surface area contributed by atoms with Crippen LogP contribution in [0.25, 0.3) is 0 Å². The number of alkyl carbamates (subject to hydrolysis) is 1. The fourth-order valence-corrected chi connectivity index (χ4v) is 5.93. The van der Waals surface area contributed by atoms with Crippen LogP contribution in [-0.2, 0) is 19.1 Å². The molecular formula is C29H41ClN4O5. The summed E-state index contributed by atoms with van der Waals surface area (Å²) < 4.78 is 5.41. The SMILES string of the molecule is CC(C)(C)OC(=O)N[C@H]1CCCCCCCC2C[C@@]2(C(=O)Nc2ccccc2Cl)NC(=O)[C@@H]2CCCN2C1=O. The number of nitrogens with zero attached hydrogens (tertiary/aromatic N) is 1. The minimum absolute atomic E-state index is 0.0289. The third kappa shape index (κ3) is 7.24. The average Bonchev–Trinajstić information content (AvgIpc) is 3.32. The number of hydrogen-bond acceptors (Lipinski definition) is 5. The molecule has 3 N–H and O–H groups in total. The van der Waals surface area contributed by atoms with E-state index in [-0.39, 0.29) is 23.6 Å². The molecule has 2 saturated heterocycles. The number of anilines is 1. The first kappa shape index (κ1) is 29.2. The van der Waals surface area contributed by atoms with Crippen LogP contribution in [0.2, 0.25) is 5.02 Å². The number of para-hydroxylation sites is 1. The molecule has 3 fully saturated rings. The first-order valence-electron chi connectivity index (χ1n) is 14.2. The van der Waals surface area contributed by atoms with Crippen molar-refractivity contribution in [3.05, 3.63) is 29.3 Å². The number of halogens is 1. The summed E-state index contributed by atoms with van der Waals surface area (Å²) in [6, 6.07) is 5.55. The van der Waals surface area contributed by atoms with Crippen LogP contribution in [0.4, 0.5) is 10.5 Å². The Bertz CT molecular complexity index is 1090. The highest BCUT2D eigenvalue weighted by Gasteiger charge is 2.61. The first-order chi connectivity index (χ1) is 18.5. The van der Waals surface area contributed by atoms with Crippen LogP contribution in [0.15, 0.2) is 24.3 Å². The lowest BCUT2D eigenvalue weighted by Crippen LogP contribution is -2.57. The number of fused-ring (bicyclic) bond motifs is 2. The zero-order valence-corrected chi connectivity index (χ0v) is 23.9. The highest BCUT2D eigenvalue weighted by atomic mass is 35.5. The minimum Gasteiger partial charge on any atom is -0.444 e. The lowest BCUT2D eigenvalue weighted by atomic mass is 10.0. The standard InChI is InChI=1S/C29H41ClN4O5/c1-28(2,3)39-27(38)32-22-15-8-6-4-5-7-12-19-18-29(19,26(37)31-21-14-10-9-13-20(21)30)33-24(35)23-16-11-17-34(23)25(22)36/h9-10,13-14,19,22-23H,4-8,11-12,15-18H2,1-3H3,(H,31,37)(H,32,38)(H,33,35)/t19?,22-,23-,29+/m0/s1. The second-order valence-electron chi connectivity index (χ2n) is 12.0. The number of amides is 4. The molecule has 2 aliphatic heterocycles. The van der Waals surface area contributed by atoms with Gasteiger partial charge in [-0.3, -0.25) is 14.4 Å². The van der Waals surface area contributed by atoms with Crippen molar-refractivity contribution in [2.75, 3.05) is 11.9 Å². The Morgan fingerprint density at radius 3 is 2.44 bits per heavy atom. The Kier molecular flexibility index (Phi) is 9.09. The number of ether oxygens (including phenoxy) is 1. The summed E-state index contributed by atoms with van der Waals surface area (Å²) in [5.74, 6) is -0.862. The van der Waals surface area contributed by atoms with Gasteiger partial charge in [0.15, 0.2) is 0 Å². The molecule has 0 aromatic heterocycles. The molecule has 0 bridgehead atoms. The van der Waals surface area contributed by atoms with Gasteiger partial charge in [0, 0.05) is 6.54 Å². The number of hydrogen-bond donors (Lipinski definition) is 3. The molecule has 2 heterocycles. The summed E-state index contributed by atoms with van der Waals surface area (Å²) in [6.07, 6.45) is 7.07. The van der Waals surface area contributed by atoms with Crippen molar-refractivity contribution in [3.63, 3.8) is 0 Å². The van der Waals surface area contributed by atoms with Crippen LogP contribution in [-0.4, -0.2) is 58.5 Å². The zero-order valence-electron chi connectivity index (χ0n) is 23.2. The Hall–Kier alpha value is -2.81. The molecule has 0 spiro atoms. The van der Waals surface area contributed by atoms with Gasteiger partial charge in [-0.1, -0.05) is 55.8 Å². The normalized spacial score (nSPS) is 28.2. The van der Waals surface area contributed by atoms with Gasteiger partial charge in [-0.2, -0.15) is 0 Å². The molecule has 9 nitrogen and oxygen atoms in total. The van der Waals surface area contributed by atoms with Crippen LogP contribution in [0.5, 0.6) is 0 Å². The smallest absolute Gasteiger partial charge is 0.408 e. The monoisotopic (exact) mass is 560 g/mol. The molecule has 3 aliphatic rings. The largest absolute Gasteiger partial charge is 0.444 e. The molecule has 4 amide bonds. The van der Waals surface area contributed by atoms with Gasteiger partial charge in [0.1, 0.15) is 23.2 Å². The van der Waals surface area contributed by atoms with Crippen molar-refractivity contribution in [2.45, 2.75) is 108 Å². The second kappa shape index (κ2) is 12.1. The van der Waals surface area contributed by atoms with Gasteiger partial charge in [0.2, 0.25) is 17.7 Å². The first-order valence-corrected chi connectivity index (χ1v) is 14.6. The Balaban J connectivity index is 1.53. The number of rotatable bonds is 3. The topological polar surface area (TPSA) is 117 Å². The van der Waals surface area contributed by atoms with Gasteiger partial charge in [0.25, 0.3) is 0 Å². The molecule has 4 rings (SSSR count). The minimum atomic E-state index is -1.03. The van der Waals surface area contributed by atoms with Crippen LogP contribution in [0, 0.1) is 5.92 Å². The van der Waals surface area contributed by atoms with Crippen molar-refractivity contribution in [1.29, 1.82) is 0 Å². The molecule has 39 heavy (non-hydrogen) atoms. The second-order valence-corrected chi connectivity index (χ2v) is 12.4. The third-order valence-electron chi connectivity index (χ3n) is 7.85. The number of nitrogens with one attached hydrogen (secondary N) is 3. The lowest BCUT2D eigenvalue weighted by molar-refractivity contribution is -0.141. The van der Waals surface area contributed by atoms with E-state index >= 15 is 0 Å². The van der Waals surface area contributed by atoms with Crippen molar-refractivity contribution in [2.24, 2.45) is 5.92 Å². The van der Waals surface area contributed by atoms with E-state index in [4.69, 9.17) is 16.3 Å². The van der Waals surface area contributed by atoms with Gasteiger partial charge in [-0.15, -0.1) is 0 Å². The maximum atomic E-state index is 13.7. The van der Waals surface area contributed by atoms with E-state index in [1.807, 2.05) is 0 Å². The summed E-state index contributed by atoms with van der Waals surface area (Å²) in [4.78, 5) is 55.0. The number of benzene rings is 1. The fourth-order valence-electron chi connectivity index (χ4n) is 5.75. The van der Waals surface area contributed by atoms with Crippen LogP contribution in [0.3, 0.4) is 0 Å². The molecule has 1 aromatic carbocycles. The summed E-state index contributed by atoms with van der Waals surface area (Å²) in [5.41, 5.74) is -1.21. The van der Waals surface area contributed by atoms with E-state index in [0.29, 0.717) is 42.9 Å². The van der Waals surface area contributed by atoms with E-state index in [1.165, 1.54) is 0 Å². The summed E-state index contributed by atoms with van der Waals surface area (Å²) >= 11 is 6.28. The molecule has 1 saturated carbocycles. The molecule has 0 radical (unpaired) electrons. The van der Waals surface area contributed by atoms with E-state index in [0.717, 1.165) is 38.5 Å². The number of carbonyl (C=O) groups is 4. The van der Waals surface area contributed by atoms with Crippen LogP contribution in [0.1, 0.15) is 85.0 Å². The van der Waals surface area contributed by atoms with Crippen molar-refractivity contribution in [3.8, 4) is 0 Å². The predicted octanol–water partition coefficient (Wildman–Crippen LogP) is 4.78. The molecule has 1 unspecified atom stereocenters. The predicted molar refractivity (Wildman–Crippen MR) is 149 cm³/mol. The van der Waals surface area contributed by atoms with Crippen molar-refractivity contribution < 1.29 is 23.9 Å². The maximum Gasteiger partial charge on any atom is 0.408 e. The maximum absolute atomic E-state index is 13.7. The van der Waals surface area contributed by atoms with Gasteiger partial charge in [-0.25, -0.2) is 4.79 Å². The fraction of sp³-hybridized carbons (Fsp3) is 0.655. The van der Waals surface area contributed by atoms with Gasteiger partial charge >= 0.3 is 6.09 Å². The molecule has 214 valence electrons. The van der Waals surface area contributed by atoms with E-state index in [9.17, 15) is 19.2 Å². The van der Waals surface area contributed by atoms with Gasteiger partial charge in [-0.05, 0) is 70.9 Å². The van der Waals surface area contributed by atoms with Gasteiger partial charge in [0.05, 0.1) is 10.7 Å². The molecule has 1 aromatic rings. The quantitative estimate of drug-likeness (QED) is 0.492. The lowest BCUT2D eigenvalue weighted by Gasteiger charge is -2.30. The van der Waals surface area contributed by atoms with Crippen molar-refractivity contribution >= 4 is 41.1 Å². The third-order valence-corrected chi connectivity index (χ3v) is 8.18. The Morgan fingerprint density at radius 2 is 1.72 bits per heavy atom. The van der Waals surface area contributed by atoms with Crippen LogP contribution >= 0.6 is 11.6 Å². The zero-order chi connectivity index (χ0) is 28.2. The van der Waals surface area contributed by atoms with E-state index < -0.39 is 29.3 Å². The average molecular weight is 561 g/mol. The Labute approximate surface area is 235 Å². The van der Waals surface area contributed by atoms with Crippen molar-refractivity contribution in [1.82, 2.24) is 15.5 Å². The van der Waals surface area contributed by atoms with Gasteiger partial charge < -0.3 is 25.6 Å². The van der Waals surface area contributed by atoms with Crippen LogP contribution < -0.4 is 16.0 Å². The highest BCUT2D eigenvalue weighted by molar-refractivity contribution is 6.33. The molecule has 10 heteroatoms. The summed E-state index contributed by atoms with van der Waals surface area (Å²) in [5, 5.41) is 9.16. The highest BCUT2D eigenvalue weighted by Crippen LogP contribution is 2.48. The molecule has 1 aliphatic carbocycles. The summed E-state index contributed by atoms with van der Waals surface area (Å²) in [7, 11) is 0. The summed E-state index contributed by atoms with van der Waals surface area (Å²) in [6.45, 7) is 5.74.